The highest BCUT2D eigenvalue weighted by Crippen LogP contribution is 2.29. The molecule has 1 saturated heterocycles. The van der Waals surface area contributed by atoms with Crippen molar-refractivity contribution in [2.75, 3.05) is 20.2 Å². The summed E-state index contributed by atoms with van der Waals surface area (Å²) >= 11 is 0. The highest BCUT2D eigenvalue weighted by atomic mass is 16.5. The van der Waals surface area contributed by atoms with Crippen LogP contribution in [0.25, 0.3) is 10.9 Å². The number of likely N-dealkylation sites (tertiary alicyclic amines) is 1. The van der Waals surface area contributed by atoms with E-state index < -0.39 is 0 Å². The molecule has 2 aromatic carbocycles. The number of aryl methyl sites for hydroxylation is 1. The Labute approximate surface area is 162 Å². The van der Waals surface area contributed by atoms with E-state index in [1.807, 2.05) is 0 Å². The van der Waals surface area contributed by atoms with E-state index in [1.165, 1.54) is 34.9 Å². The molecule has 1 aliphatic rings. The van der Waals surface area contributed by atoms with Crippen molar-refractivity contribution in [3.05, 3.63) is 71.3 Å². The molecule has 3 heteroatoms. The molecule has 0 aliphatic carbocycles. The van der Waals surface area contributed by atoms with Crippen LogP contribution in [0.2, 0.25) is 0 Å². The number of rotatable bonds is 5. The highest BCUT2D eigenvalue weighted by molar-refractivity contribution is 5.80. The Balaban J connectivity index is 1.44. The van der Waals surface area contributed by atoms with E-state index >= 15 is 0 Å². The molecule has 0 amide bonds. The van der Waals surface area contributed by atoms with Crippen LogP contribution in [0, 0.1) is 0 Å². The van der Waals surface area contributed by atoms with Gasteiger partial charge in [-0.15, -0.1) is 0 Å². The zero-order valence-electron chi connectivity index (χ0n) is 16.3. The van der Waals surface area contributed by atoms with Crippen molar-refractivity contribution < 1.29 is 4.74 Å². The molecular weight excluding hydrogens is 332 g/mol. The minimum atomic E-state index is 0.706. The summed E-state index contributed by atoms with van der Waals surface area (Å²) in [6, 6.07) is 19.8. The third-order valence-corrected chi connectivity index (χ3v) is 5.76. The molecule has 1 aromatic heterocycles. The number of fused-ring (bicyclic) bond motifs is 1. The Morgan fingerprint density at radius 3 is 2.52 bits per heavy atom. The van der Waals surface area contributed by atoms with Crippen molar-refractivity contribution in [2.24, 2.45) is 0 Å². The van der Waals surface area contributed by atoms with E-state index in [9.17, 15) is 0 Å². The molecule has 0 bridgehead atoms. The lowest BCUT2D eigenvalue weighted by Gasteiger charge is -2.32. The van der Waals surface area contributed by atoms with Gasteiger partial charge in [0.2, 0.25) is 5.88 Å². The fourth-order valence-electron chi connectivity index (χ4n) is 4.17. The number of ether oxygens (including phenoxy) is 1. The van der Waals surface area contributed by atoms with Crippen LogP contribution >= 0.6 is 0 Å². The summed E-state index contributed by atoms with van der Waals surface area (Å²) in [5.74, 6) is 1.46. The van der Waals surface area contributed by atoms with E-state index in [2.05, 4.69) is 66.4 Å². The summed E-state index contributed by atoms with van der Waals surface area (Å²) in [5, 5.41) is 1.19. The lowest BCUT2D eigenvalue weighted by molar-refractivity contribution is 0.204. The molecule has 0 N–H and O–H groups in total. The van der Waals surface area contributed by atoms with E-state index in [0.717, 1.165) is 37.5 Å². The van der Waals surface area contributed by atoms with Crippen LogP contribution in [0.15, 0.2) is 54.6 Å². The van der Waals surface area contributed by atoms with Gasteiger partial charge < -0.3 is 4.74 Å². The van der Waals surface area contributed by atoms with Gasteiger partial charge in [0.05, 0.1) is 12.6 Å². The Morgan fingerprint density at radius 2 is 1.81 bits per heavy atom. The molecule has 0 spiro atoms. The van der Waals surface area contributed by atoms with Gasteiger partial charge in [-0.05, 0) is 61.5 Å². The van der Waals surface area contributed by atoms with Crippen molar-refractivity contribution in [1.82, 2.24) is 9.88 Å². The topological polar surface area (TPSA) is 25.4 Å². The first-order chi connectivity index (χ1) is 13.3. The van der Waals surface area contributed by atoms with Crippen LogP contribution in [0.1, 0.15) is 42.4 Å². The summed E-state index contributed by atoms with van der Waals surface area (Å²) in [4.78, 5) is 7.30. The molecule has 3 nitrogen and oxygen atoms in total. The van der Waals surface area contributed by atoms with Gasteiger partial charge in [0.15, 0.2) is 0 Å². The smallest absolute Gasteiger partial charge is 0.216 e. The molecule has 140 valence electrons. The Kier molecular flexibility index (Phi) is 5.40. The summed E-state index contributed by atoms with van der Waals surface area (Å²) < 4.78 is 5.47. The Hall–Kier alpha value is -2.39. The zero-order chi connectivity index (χ0) is 18.6. The number of nitrogens with zero attached hydrogens (tertiary/aromatic N) is 2. The number of benzene rings is 2. The maximum absolute atomic E-state index is 5.47. The third-order valence-electron chi connectivity index (χ3n) is 5.76. The first kappa shape index (κ1) is 18.0. The van der Waals surface area contributed by atoms with E-state index in [-0.39, 0.29) is 0 Å². The molecule has 0 atom stereocenters. The molecule has 0 radical (unpaired) electrons. The minimum Gasteiger partial charge on any atom is -0.481 e. The minimum absolute atomic E-state index is 0.706. The van der Waals surface area contributed by atoms with Crippen molar-refractivity contribution in [2.45, 2.75) is 38.6 Å². The van der Waals surface area contributed by atoms with Crippen molar-refractivity contribution in [3.8, 4) is 5.88 Å². The van der Waals surface area contributed by atoms with Gasteiger partial charge in [0.1, 0.15) is 0 Å². The molecule has 1 aliphatic heterocycles. The molecule has 0 unspecified atom stereocenters. The molecule has 1 fully saturated rings. The van der Waals surface area contributed by atoms with Gasteiger partial charge in [0.25, 0.3) is 0 Å². The van der Waals surface area contributed by atoms with Gasteiger partial charge in [-0.25, -0.2) is 4.98 Å². The number of aromatic nitrogens is 1. The number of pyridine rings is 1. The molecule has 4 rings (SSSR count). The quantitative estimate of drug-likeness (QED) is 0.626. The van der Waals surface area contributed by atoms with Crippen LogP contribution < -0.4 is 4.74 Å². The molecular formula is C24H28N2O. The van der Waals surface area contributed by atoms with Gasteiger partial charge in [0, 0.05) is 17.5 Å². The lowest BCUT2D eigenvalue weighted by atomic mass is 9.89. The van der Waals surface area contributed by atoms with Crippen LogP contribution in [0.3, 0.4) is 0 Å². The van der Waals surface area contributed by atoms with E-state index in [1.54, 1.807) is 7.11 Å². The summed E-state index contributed by atoms with van der Waals surface area (Å²) in [6.07, 6.45) is 3.41. The van der Waals surface area contributed by atoms with Crippen LogP contribution in [-0.2, 0) is 13.0 Å². The van der Waals surface area contributed by atoms with Crippen LogP contribution in [0.4, 0.5) is 0 Å². The van der Waals surface area contributed by atoms with Gasteiger partial charge in [-0.3, -0.25) is 4.90 Å². The fourth-order valence-corrected chi connectivity index (χ4v) is 4.17. The molecule has 0 saturated carbocycles. The van der Waals surface area contributed by atoms with Crippen molar-refractivity contribution in [3.63, 3.8) is 0 Å². The monoisotopic (exact) mass is 360 g/mol. The average molecular weight is 361 g/mol. The molecule has 3 aromatic rings. The van der Waals surface area contributed by atoms with Crippen LogP contribution in [0.5, 0.6) is 5.88 Å². The SMILES string of the molecule is CCc1cc2ccc(CN3CCC(c4ccccc4)CC3)cc2nc1OC. The van der Waals surface area contributed by atoms with E-state index in [0.29, 0.717) is 5.92 Å². The van der Waals surface area contributed by atoms with Crippen molar-refractivity contribution in [1.29, 1.82) is 0 Å². The molecule has 2 heterocycles. The Morgan fingerprint density at radius 1 is 1.04 bits per heavy atom. The average Bonchev–Trinajstić information content (AvgIpc) is 2.74. The largest absolute Gasteiger partial charge is 0.481 e. The number of methoxy groups -OCH3 is 1. The summed E-state index contributed by atoms with van der Waals surface area (Å²) in [5.41, 5.74) is 5.02. The molecule has 27 heavy (non-hydrogen) atoms. The summed E-state index contributed by atoms with van der Waals surface area (Å²) in [7, 11) is 1.70. The second-order valence-electron chi connectivity index (χ2n) is 7.50. The predicted molar refractivity (Wildman–Crippen MR) is 111 cm³/mol. The maximum atomic E-state index is 5.47. The number of hydrogen-bond acceptors (Lipinski definition) is 3. The van der Waals surface area contributed by atoms with Crippen LogP contribution in [-0.4, -0.2) is 30.1 Å². The second-order valence-corrected chi connectivity index (χ2v) is 7.50. The van der Waals surface area contributed by atoms with Crippen molar-refractivity contribution >= 4 is 10.9 Å². The first-order valence-electron chi connectivity index (χ1n) is 10.0. The van der Waals surface area contributed by atoms with E-state index in [4.69, 9.17) is 9.72 Å². The number of piperidine rings is 1. The van der Waals surface area contributed by atoms with Gasteiger partial charge in [-0.1, -0.05) is 49.4 Å². The van der Waals surface area contributed by atoms with Gasteiger partial charge >= 0.3 is 0 Å². The normalized spacial score (nSPS) is 15.9. The zero-order valence-corrected chi connectivity index (χ0v) is 16.3. The first-order valence-corrected chi connectivity index (χ1v) is 10.0. The standard InChI is InChI=1S/C24H28N2O/c1-3-19-16-22-10-9-18(15-23(22)25-24(19)27-2)17-26-13-11-21(12-14-26)20-7-5-4-6-8-20/h4-10,15-16,21H,3,11-14,17H2,1-2H3. The lowest BCUT2D eigenvalue weighted by Crippen LogP contribution is -2.32. The highest BCUT2D eigenvalue weighted by Gasteiger charge is 2.20. The fraction of sp³-hybridized carbons (Fsp3) is 0.375. The Bertz CT molecular complexity index is 899. The van der Waals surface area contributed by atoms with Gasteiger partial charge in [-0.2, -0.15) is 0 Å². The summed E-state index contributed by atoms with van der Waals surface area (Å²) in [6.45, 7) is 5.45. The maximum Gasteiger partial charge on any atom is 0.216 e. The third kappa shape index (κ3) is 3.98. The second kappa shape index (κ2) is 8.10. The number of hydrogen-bond donors (Lipinski definition) is 0. The predicted octanol–water partition coefficient (Wildman–Crippen LogP) is 5.19.